The number of aromatic hydroxyl groups is 1. The third kappa shape index (κ3) is 6.86. The third-order valence-corrected chi connectivity index (χ3v) is 5.38. The van der Waals surface area contributed by atoms with Gasteiger partial charge in [0, 0.05) is 32.1 Å². The van der Waals surface area contributed by atoms with Crippen LogP contribution in [0.3, 0.4) is 0 Å². The maximum absolute atomic E-state index is 12.9. The summed E-state index contributed by atoms with van der Waals surface area (Å²) in [6.45, 7) is 1.87. The molecule has 32 heavy (non-hydrogen) atoms. The van der Waals surface area contributed by atoms with Crippen LogP contribution in [0.25, 0.3) is 0 Å². The Morgan fingerprint density at radius 3 is 2.59 bits per heavy atom. The van der Waals surface area contributed by atoms with Gasteiger partial charge in [0.2, 0.25) is 5.91 Å². The number of alkyl halides is 3. The van der Waals surface area contributed by atoms with Gasteiger partial charge in [0.1, 0.15) is 11.5 Å². The van der Waals surface area contributed by atoms with Gasteiger partial charge < -0.3 is 20.3 Å². The molecule has 1 aliphatic heterocycles. The molecule has 1 amide bonds. The minimum atomic E-state index is -4.44. The van der Waals surface area contributed by atoms with Crippen molar-refractivity contribution >= 4 is 5.91 Å². The van der Waals surface area contributed by atoms with Crippen LogP contribution in [0.1, 0.15) is 17.5 Å². The number of carbonyl (C=O) groups is 1. The Bertz CT molecular complexity index is 890. The van der Waals surface area contributed by atoms with E-state index in [0.29, 0.717) is 26.1 Å². The first-order chi connectivity index (χ1) is 15.2. The molecule has 1 heterocycles. The number of carbonyl (C=O) groups excluding carboxylic acids is 1. The second-order valence-corrected chi connectivity index (χ2v) is 8.01. The molecule has 2 aromatic carbocycles. The first kappa shape index (κ1) is 23.9. The predicted molar refractivity (Wildman–Crippen MR) is 112 cm³/mol. The highest BCUT2D eigenvalue weighted by atomic mass is 19.4. The second kappa shape index (κ2) is 10.7. The molecule has 0 saturated carbocycles. The minimum absolute atomic E-state index is 0.0692. The van der Waals surface area contributed by atoms with Crippen molar-refractivity contribution in [3.63, 3.8) is 0 Å². The highest BCUT2D eigenvalue weighted by Gasteiger charge is 2.33. The number of aliphatic hydroxyl groups is 1. The number of nitrogens with one attached hydrogen (secondary N) is 1. The van der Waals surface area contributed by atoms with Crippen molar-refractivity contribution in [1.82, 2.24) is 10.2 Å². The number of rotatable bonds is 8. The van der Waals surface area contributed by atoms with Crippen molar-refractivity contribution in [3.05, 3.63) is 59.7 Å². The molecular weight excluding hydrogens is 425 g/mol. The molecule has 0 bridgehead atoms. The summed E-state index contributed by atoms with van der Waals surface area (Å²) < 4.78 is 44.5. The number of hydrogen-bond donors (Lipinski definition) is 3. The molecule has 1 saturated heterocycles. The van der Waals surface area contributed by atoms with Crippen LogP contribution in [0.5, 0.6) is 11.5 Å². The summed E-state index contributed by atoms with van der Waals surface area (Å²) in [5.41, 5.74) is 0.200. The first-order valence-corrected chi connectivity index (χ1v) is 10.4. The fourth-order valence-corrected chi connectivity index (χ4v) is 3.90. The van der Waals surface area contributed by atoms with Gasteiger partial charge in [-0.25, -0.2) is 0 Å². The molecule has 2 aromatic rings. The molecule has 6 nitrogen and oxygen atoms in total. The summed E-state index contributed by atoms with van der Waals surface area (Å²) in [5.74, 6) is -0.265. The van der Waals surface area contributed by atoms with Gasteiger partial charge in [-0.1, -0.05) is 18.2 Å². The molecule has 0 spiro atoms. The Morgan fingerprint density at radius 2 is 1.91 bits per heavy atom. The summed E-state index contributed by atoms with van der Waals surface area (Å²) in [7, 11) is 0. The van der Waals surface area contributed by atoms with E-state index in [0.717, 1.165) is 17.7 Å². The topological polar surface area (TPSA) is 82.0 Å². The third-order valence-electron chi connectivity index (χ3n) is 5.38. The molecule has 0 radical (unpaired) electrons. The quantitative estimate of drug-likeness (QED) is 0.574. The number of likely N-dealkylation sites (tertiary alicyclic amines) is 1. The zero-order valence-electron chi connectivity index (χ0n) is 17.5. The minimum Gasteiger partial charge on any atom is -0.508 e. The highest BCUT2D eigenvalue weighted by Crippen LogP contribution is 2.32. The van der Waals surface area contributed by atoms with Crippen molar-refractivity contribution in [2.45, 2.75) is 19.1 Å². The van der Waals surface area contributed by atoms with E-state index in [4.69, 9.17) is 9.84 Å². The fourth-order valence-electron chi connectivity index (χ4n) is 3.90. The predicted octanol–water partition coefficient (Wildman–Crippen LogP) is 3.04. The Labute approximate surface area is 184 Å². The molecule has 1 fully saturated rings. The molecule has 3 N–H and O–H groups in total. The zero-order chi connectivity index (χ0) is 23.1. The number of aliphatic hydroxyl groups excluding tert-OH is 1. The standard InChI is InChI=1S/C23H27F3N2O4/c24-23(25,26)19-2-1-3-21(11-19)32-15-17-10-18(22(31)27-8-9-29)14-28(13-17)12-16-4-6-20(30)7-5-16/h1-7,11,17-18,29-30H,8-10,12-15H2,(H,27,31)/t17-,18+/m0/s1. The monoisotopic (exact) mass is 452 g/mol. The van der Waals surface area contributed by atoms with Crippen LogP contribution in [-0.2, 0) is 17.5 Å². The van der Waals surface area contributed by atoms with Crippen LogP contribution >= 0.6 is 0 Å². The molecule has 3 rings (SSSR count). The highest BCUT2D eigenvalue weighted by molar-refractivity contribution is 5.79. The van der Waals surface area contributed by atoms with Gasteiger partial charge in [0.15, 0.2) is 0 Å². The largest absolute Gasteiger partial charge is 0.508 e. The Hall–Kier alpha value is -2.78. The Morgan fingerprint density at radius 1 is 1.16 bits per heavy atom. The number of benzene rings is 2. The summed E-state index contributed by atoms with van der Waals surface area (Å²) >= 11 is 0. The second-order valence-electron chi connectivity index (χ2n) is 8.01. The van der Waals surface area contributed by atoms with E-state index in [2.05, 4.69) is 10.2 Å². The number of phenolic OH excluding ortho intramolecular Hbond substituents is 1. The van der Waals surface area contributed by atoms with Crippen LogP contribution in [0, 0.1) is 11.8 Å². The van der Waals surface area contributed by atoms with Crippen molar-refractivity contribution in [1.29, 1.82) is 0 Å². The van der Waals surface area contributed by atoms with Crippen molar-refractivity contribution in [3.8, 4) is 11.5 Å². The average Bonchev–Trinajstić information content (AvgIpc) is 2.77. The number of hydrogen-bond acceptors (Lipinski definition) is 5. The van der Waals surface area contributed by atoms with Gasteiger partial charge >= 0.3 is 6.18 Å². The Kier molecular flexibility index (Phi) is 7.98. The molecule has 0 aromatic heterocycles. The first-order valence-electron chi connectivity index (χ1n) is 10.4. The van der Waals surface area contributed by atoms with Crippen LogP contribution in [0.15, 0.2) is 48.5 Å². The molecule has 174 valence electrons. The van der Waals surface area contributed by atoms with Gasteiger partial charge in [-0.05, 0) is 42.3 Å². The van der Waals surface area contributed by atoms with E-state index in [1.165, 1.54) is 12.1 Å². The number of amides is 1. The van der Waals surface area contributed by atoms with E-state index in [1.807, 2.05) is 0 Å². The number of nitrogens with zero attached hydrogens (tertiary/aromatic N) is 1. The van der Waals surface area contributed by atoms with Gasteiger partial charge in [0.25, 0.3) is 0 Å². The van der Waals surface area contributed by atoms with E-state index < -0.39 is 11.7 Å². The van der Waals surface area contributed by atoms with Crippen LogP contribution in [-0.4, -0.2) is 53.9 Å². The number of piperidine rings is 1. The number of phenols is 1. The summed E-state index contributed by atoms with van der Waals surface area (Å²) in [6.07, 6.45) is -3.91. The average molecular weight is 452 g/mol. The van der Waals surface area contributed by atoms with Crippen LogP contribution in [0.4, 0.5) is 13.2 Å². The van der Waals surface area contributed by atoms with E-state index >= 15 is 0 Å². The SMILES string of the molecule is O=C(NCCO)[C@@H]1C[C@H](COc2cccc(C(F)(F)F)c2)CN(Cc2ccc(O)cc2)C1. The van der Waals surface area contributed by atoms with Crippen molar-refractivity contribution in [2.24, 2.45) is 11.8 Å². The van der Waals surface area contributed by atoms with Crippen molar-refractivity contribution < 1.29 is 32.9 Å². The zero-order valence-corrected chi connectivity index (χ0v) is 17.5. The van der Waals surface area contributed by atoms with Crippen LogP contribution < -0.4 is 10.1 Å². The molecule has 2 atom stereocenters. The van der Waals surface area contributed by atoms with E-state index in [9.17, 15) is 23.1 Å². The summed E-state index contributed by atoms with van der Waals surface area (Å²) in [6, 6.07) is 11.6. The summed E-state index contributed by atoms with van der Waals surface area (Å²) in [4.78, 5) is 14.6. The summed E-state index contributed by atoms with van der Waals surface area (Å²) in [5, 5.41) is 21.2. The number of ether oxygens (including phenoxy) is 1. The van der Waals surface area contributed by atoms with Gasteiger partial charge in [0.05, 0.1) is 24.7 Å². The lowest BCUT2D eigenvalue weighted by Crippen LogP contribution is -2.47. The lowest BCUT2D eigenvalue weighted by atomic mass is 9.88. The van der Waals surface area contributed by atoms with Crippen LogP contribution in [0.2, 0.25) is 0 Å². The van der Waals surface area contributed by atoms with Crippen molar-refractivity contribution in [2.75, 3.05) is 32.8 Å². The molecule has 0 aliphatic carbocycles. The van der Waals surface area contributed by atoms with E-state index in [1.54, 1.807) is 24.3 Å². The van der Waals surface area contributed by atoms with Gasteiger partial charge in [-0.15, -0.1) is 0 Å². The fraction of sp³-hybridized carbons (Fsp3) is 0.435. The maximum atomic E-state index is 12.9. The van der Waals surface area contributed by atoms with Gasteiger partial charge in [-0.3, -0.25) is 9.69 Å². The molecule has 9 heteroatoms. The molecule has 1 aliphatic rings. The van der Waals surface area contributed by atoms with E-state index in [-0.39, 0.29) is 49.0 Å². The Balaban J connectivity index is 1.67. The van der Waals surface area contributed by atoms with Gasteiger partial charge in [-0.2, -0.15) is 13.2 Å². The smallest absolute Gasteiger partial charge is 0.416 e. The lowest BCUT2D eigenvalue weighted by molar-refractivity contribution is -0.137. The maximum Gasteiger partial charge on any atom is 0.416 e. The molecular formula is C23H27F3N2O4. The molecule has 0 unspecified atom stereocenters. The normalized spacial score (nSPS) is 19.5. The lowest BCUT2D eigenvalue weighted by Gasteiger charge is -2.37. The number of halogens is 3.